The van der Waals surface area contributed by atoms with Crippen molar-refractivity contribution >= 4 is 40.7 Å². The van der Waals surface area contributed by atoms with E-state index in [0.717, 1.165) is 46.7 Å². The molecule has 5 nitrogen and oxygen atoms in total. The van der Waals surface area contributed by atoms with Crippen molar-refractivity contribution in [3.8, 4) is 16.9 Å². The van der Waals surface area contributed by atoms with E-state index in [-0.39, 0.29) is 31.0 Å². The van der Waals surface area contributed by atoms with Crippen LogP contribution in [0.3, 0.4) is 0 Å². The lowest BCUT2D eigenvalue weighted by atomic mass is 9.85. The van der Waals surface area contributed by atoms with Crippen molar-refractivity contribution in [1.82, 2.24) is 5.32 Å². The van der Waals surface area contributed by atoms with E-state index < -0.39 is 6.10 Å². The lowest BCUT2D eigenvalue weighted by Crippen LogP contribution is -2.37. The maximum absolute atomic E-state index is 12.0. The van der Waals surface area contributed by atoms with Gasteiger partial charge in [-0.1, -0.05) is 72.3 Å². The third-order valence-corrected chi connectivity index (χ3v) is 7.33. The highest BCUT2D eigenvalue weighted by Crippen LogP contribution is 2.39. The zero-order valence-electron chi connectivity index (χ0n) is 21.9. The van der Waals surface area contributed by atoms with Crippen molar-refractivity contribution < 1.29 is 19.4 Å². The van der Waals surface area contributed by atoms with E-state index in [1.54, 1.807) is 6.92 Å². The molecule has 0 unspecified atom stereocenters. The minimum absolute atomic E-state index is 0. The van der Waals surface area contributed by atoms with E-state index in [1.807, 2.05) is 48.5 Å². The van der Waals surface area contributed by atoms with Crippen molar-refractivity contribution in [2.75, 3.05) is 19.8 Å². The number of aliphatic hydroxyl groups is 1. The number of nitrogens with one attached hydrogen (secondary N) is 1. The van der Waals surface area contributed by atoms with E-state index in [1.165, 1.54) is 11.1 Å². The number of rotatable bonds is 9. The number of hydrogen-bond acceptors (Lipinski definition) is 5. The first-order valence-corrected chi connectivity index (χ1v) is 13.5. The Morgan fingerprint density at radius 2 is 1.90 bits per heavy atom. The zero-order chi connectivity index (χ0) is 26.5. The van der Waals surface area contributed by atoms with Gasteiger partial charge in [0.05, 0.1) is 12.7 Å². The summed E-state index contributed by atoms with van der Waals surface area (Å²) >= 11 is 6.09. The summed E-state index contributed by atoms with van der Waals surface area (Å²) in [4.78, 5) is 12.0. The summed E-state index contributed by atoms with van der Waals surface area (Å²) in [7, 11) is 0. The number of esters is 1. The Morgan fingerprint density at radius 3 is 2.72 bits per heavy atom. The van der Waals surface area contributed by atoms with E-state index in [4.69, 9.17) is 21.1 Å². The van der Waals surface area contributed by atoms with Gasteiger partial charge in [-0.3, -0.25) is 0 Å². The number of aryl methyl sites for hydroxylation is 1. The highest BCUT2D eigenvalue weighted by molar-refractivity contribution is 6.30. The predicted octanol–water partition coefficient (Wildman–Crippen LogP) is 6.70. The van der Waals surface area contributed by atoms with Gasteiger partial charge < -0.3 is 19.9 Å². The molecule has 0 fully saturated rings. The first kappa shape index (κ1) is 28.9. The van der Waals surface area contributed by atoms with Crippen LogP contribution in [0.5, 0.6) is 5.75 Å². The normalized spacial score (nSPS) is 15.2. The average Bonchev–Trinajstić information content (AvgIpc) is 2.94. The summed E-state index contributed by atoms with van der Waals surface area (Å²) in [6, 6.07) is 26.4. The molecule has 1 aliphatic rings. The second-order valence-electron chi connectivity index (χ2n) is 9.66. The van der Waals surface area contributed by atoms with Crippen molar-refractivity contribution in [1.29, 1.82) is 0 Å². The number of hydrogen-bond donors (Lipinski definition) is 2. The highest BCUT2D eigenvalue weighted by atomic mass is 35.5. The molecule has 7 heteroatoms. The van der Waals surface area contributed by atoms with Crippen LogP contribution >= 0.6 is 24.0 Å². The molecule has 0 bridgehead atoms. The Bertz CT molecular complexity index is 1440. The quantitative estimate of drug-likeness (QED) is 0.221. The van der Waals surface area contributed by atoms with Crippen LogP contribution in [0, 0.1) is 0 Å². The van der Waals surface area contributed by atoms with Gasteiger partial charge in [-0.15, -0.1) is 12.4 Å². The standard InChI is InChI=1S/C32H32ClNO4.ClH/c1-2-37-31(36)20-38-30-15-13-22-6-3-4-9-28(22)32(30)24-11-10-21-12-14-27(18-25(21)16-24)34-19-29(35)23-7-5-8-26(33)17-23;/h3-11,13,15-17,27,29,34-35H,2,12,14,18-20H2,1H3;1H/t27-,29-;/m0./s1. The Balaban J connectivity index is 0.00000353. The number of benzene rings is 4. The first-order valence-electron chi connectivity index (χ1n) is 13.1. The van der Waals surface area contributed by atoms with Crippen LogP contribution in [0.15, 0.2) is 78.9 Å². The summed E-state index contributed by atoms with van der Waals surface area (Å²) in [5, 5.41) is 17.0. The Kier molecular flexibility index (Phi) is 9.87. The van der Waals surface area contributed by atoms with E-state index in [9.17, 15) is 9.90 Å². The molecule has 4 aromatic carbocycles. The molecule has 2 atom stereocenters. The largest absolute Gasteiger partial charge is 0.481 e. The average molecular weight is 567 g/mol. The molecule has 39 heavy (non-hydrogen) atoms. The molecule has 5 rings (SSSR count). The molecule has 0 aliphatic heterocycles. The molecule has 1 aliphatic carbocycles. The van der Waals surface area contributed by atoms with Crippen molar-refractivity contribution in [2.24, 2.45) is 0 Å². The lowest BCUT2D eigenvalue weighted by Gasteiger charge is -2.27. The number of carbonyl (C=O) groups excluding carboxylic acids is 1. The molecule has 2 N–H and O–H groups in total. The van der Waals surface area contributed by atoms with Gasteiger partial charge in [-0.2, -0.15) is 0 Å². The predicted molar refractivity (Wildman–Crippen MR) is 159 cm³/mol. The minimum atomic E-state index is -0.615. The van der Waals surface area contributed by atoms with Gasteiger partial charge in [0.25, 0.3) is 0 Å². The summed E-state index contributed by atoms with van der Waals surface area (Å²) in [6.07, 6.45) is 2.24. The lowest BCUT2D eigenvalue weighted by molar-refractivity contribution is -0.145. The number of ether oxygens (including phenoxy) is 2. The number of aliphatic hydroxyl groups excluding tert-OH is 1. The summed E-state index contributed by atoms with van der Waals surface area (Å²) in [5.74, 6) is 0.276. The Labute approximate surface area is 240 Å². The van der Waals surface area contributed by atoms with E-state index in [2.05, 4.69) is 35.6 Å². The van der Waals surface area contributed by atoms with Crippen LogP contribution in [-0.4, -0.2) is 36.9 Å². The molecular formula is C32H33Cl2NO4. The fourth-order valence-electron chi connectivity index (χ4n) is 5.21. The fraction of sp³-hybridized carbons (Fsp3) is 0.281. The molecule has 0 saturated heterocycles. The van der Waals surface area contributed by atoms with Crippen molar-refractivity contribution in [3.63, 3.8) is 0 Å². The van der Waals surface area contributed by atoms with Crippen molar-refractivity contribution in [2.45, 2.75) is 38.3 Å². The molecule has 0 radical (unpaired) electrons. The van der Waals surface area contributed by atoms with Gasteiger partial charge >= 0.3 is 5.97 Å². The molecule has 0 aromatic heterocycles. The van der Waals surface area contributed by atoms with E-state index >= 15 is 0 Å². The molecular weight excluding hydrogens is 533 g/mol. The molecule has 0 amide bonds. The Morgan fingerprint density at radius 1 is 1.05 bits per heavy atom. The van der Waals surface area contributed by atoms with Crippen LogP contribution < -0.4 is 10.1 Å². The monoisotopic (exact) mass is 565 g/mol. The summed E-state index contributed by atoms with van der Waals surface area (Å²) < 4.78 is 11.0. The van der Waals surface area contributed by atoms with Crippen LogP contribution in [0.25, 0.3) is 21.9 Å². The minimum Gasteiger partial charge on any atom is -0.481 e. The number of carbonyl (C=O) groups is 1. The number of fused-ring (bicyclic) bond motifs is 2. The summed E-state index contributed by atoms with van der Waals surface area (Å²) in [6.45, 7) is 2.44. The van der Waals surface area contributed by atoms with Crippen molar-refractivity contribution in [3.05, 3.63) is 101 Å². The maximum atomic E-state index is 12.0. The maximum Gasteiger partial charge on any atom is 0.344 e. The van der Waals surface area contributed by atoms with Gasteiger partial charge in [0.2, 0.25) is 0 Å². The van der Waals surface area contributed by atoms with Crippen LogP contribution in [0.2, 0.25) is 5.02 Å². The Hall–Kier alpha value is -3.09. The fourth-order valence-corrected chi connectivity index (χ4v) is 5.40. The molecule has 0 saturated carbocycles. The SMILES string of the molecule is CCOC(=O)COc1ccc2ccccc2c1-c1ccc2c(c1)C[C@@H](NC[C@H](O)c1cccc(Cl)c1)CC2.Cl. The summed E-state index contributed by atoms with van der Waals surface area (Å²) in [5.41, 5.74) is 5.47. The number of halogens is 2. The smallest absolute Gasteiger partial charge is 0.344 e. The molecule has 4 aromatic rings. The first-order chi connectivity index (χ1) is 18.5. The topological polar surface area (TPSA) is 67.8 Å². The van der Waals surface area contributed by atoms with Gasteiger partial charge in [0.1, 0.15) is 5.75 Å². The van der Waals surface area contributed by atoms with Crippen LogP contribution in [0.1, 0.15) is 36.1 Å². The molecule has 204 valence electrons. The van der Waals surface area contributed by atoms with Crippen LogP contribution in [-0.2, 0) is 22.4 Å². The van der Waals surface area contributed by atoms with Gasteiger partial charge in [0, 0.05) is 23.2 Å². The van der Waals surface area contributed by atoms with Crippen LogP contribution in [0.4, 0.5) is 0 Å². The third kappa shape index (κ3) is 6.92. The third-order valence-electron chi connectivity index (χ3n) is 7.10. The van der Waals surface area contributed by atoms with Gasteiger partial charge in [-0.05, 0) is 77.4 Å². The highest BCUT2D eigenvalue weighted by Gasteiger charge is 2.21. The molecule has 0 heterocycles. The molecule has 0 spiro atoms. The second kappa shape index (κ2) is 13.3. The zero-order valence-corrected chi connectivity index (χ0v) is 23.4. The van der Waals surface area contributed by atoms with Gasteiger partial charge in [-0.25, -0.2) is 4.79 Å². The van der Waals surface area contributed by atoms with Gasteiger partial charge in [0.15, 0.2) is 6.61 Å². The second-order valence-corrected chi connectivity index (χ2v) is 10.1. The van der Waals surface area contributed by atoms with E-state index in [0.29, 0.717) is 23.9 Å².